The molecule has 3 nitrogen and oxygen atoms in total. The molecule has 0 unspecified atom stereocenters. The predicted molar refractivity (Wildman–Crippen MR) is 94.5 cm³/mol. The van der Waals surface area contributed by atoms with E-state index < -0.39 is 0 Å². The SMILES string of the molecule is O=Cc1cccc(NC(=O)c2cccc3c2Cc2ccccc2-3)c1. The molecule has 0 aromatic heterocycles. The van der Waals surface area contributed by atoms with Crippen molar-refractivity contribution in [2.24, 2.45) is 0 Å². The molecule has 0 saturated heterocycles. The summed E-state index contributed by atoms with van der Waals surface area (Å²) in [5.41, 5.74) is 6.47. The topological polar surface area (TPSA) is 46.2 Å². The van der Waals surface area contributed by atoms with Crippen molar-refractivity contribution >= 4 is 17.9 Å². The molecular formula is C21H15NO2. The van der Waals surface area contributed by atoms with Gasteiger partial charge in [0.05, 0.1) is 0 Å². The molecule has 0 atom stereocenters. The summed E-state index contributed by atoms with van der Waals surface area (Å²) >= 11 is 0. The van der Waals surface area contributed by atoms with Crippen molar-refractivity contribution in [1.29, 1.82) is 0 Å². The van der Waals surface area contributed by atoms with E-state index in [0.29, 0.717) is 16.8 Å². The molecular weight excluding hydrogens is 298 g/mol. The van der Waals surface area contributed by atoms with E-state index in [0.717, 1.165) is 23.8 Å². The van der Waals surface area contributed by atoms with Gasteiger partial charge in [0.1, 0.15) is 6.29 Å². The third-order valence-corrected chi connectivity index (χ3v) is 4.38. The molecule has 1 amide bonds. The molecule has 24 heavy (non-hydrogen) atoms. The fourth-order valence-corrected chi connectivity index (χ4v) is 3.26. The Bertz CT molecular complexity index is 960. The molecule has 116 valence electrons. The number of hydrogen-bond acceptors (Lipinski definition) is 2. The molecule has 0 saturated carbocycles. The van der Waals surface area contributed by atoms with Gasteiger partial charge in [-0.25, -0.2) is 0 Å². The molecule has 0 radical (unpaired) electrons. The maximum Gasteiger partial charge on any atom is 0.255 e. The maximum absolute atomic E-state index is 12.7. The van der Waals surface area contributed by atoms with Crippen molar-refractivity contribution in [3.63, 3.8) is 0 Å². The third-order valence-electron chi connectivity index (χ3n) is 4.38. The van der Waals surface area contributed by atoms with Crippen molar-refractivity contribution in [2.45, 2.75) is 6.42 Å². The quantitative estimate of drug-likeness (QED) is 0.572. The van der Waals surface area contributed by atoms with Crippen LogP contribution >= 0.6 is 0 Å². The van der Waals surface area contributed by atoms with Crippen molar-refractivity contribution < 1.29 is 9.59 Å². The summed E-state index contributed by atoms with van der Waals surface area (Å²) in [6, 6.07) is 21.0. The van der Waals surface area contributed by atoms with Crippen LogP contribution in [0.3, 0.4) is 0 Å². The van der Waals surface area contributed by atoms with Gasteiger partial charge < -0.3 is 5.32 Å². The number of hydrogen-bond donors (Lipinski definition) is 1. The Morgan fingerprint density at radius 2 is 1.71 bits per heavy atom. The summed E-state index contributed by atoms with van der Waals surface area (Å²) < 4.78 is 0. The van der Waals surface area contributed by atoms with Crippen LogP contribution in [-0.4, -0.2) is 12.2 Å². The van der Waals surface area contributed by atoms with Crippen LogP contribution in [0.4, 0.5) is 5.69 Å². The molecule has 4 rings (SSSR count). The monoisotopic (exact) mass is 313 g/mol. The number of nitrogens with one attached hydrogen (secondary N) is 1. The van der Waals surface area contributed by atoms with Crippen LogP contribution in [0.25, 0.3) is 11.1 Å². The van der Waals surface area contributed by atoms with Crippen LogP contribution < -0.4 is 5.32 Å². The molecule has 3 aromatic carbocycles. The fraction of sp³-hybridized carbons (Fsp3) is 0.0476. The van der Waals surface area contributed by atoms with Gasteiger partial charge in [-0.1, -0.05) is 48.5 Å². The lowest BCUT2D eigenvalue weighted by molar-refractivity contribution is 0.102. The lowest BCUT2D eigenvalue weighted by atomic mass is 10.0. The lowest BCUT2D eigenvalue weighted by Crippen LogP contribution is -2.14. The van der Waals surface area contributed by atoms with Crippen molar-refractivity contribution in [3.05, 3.63) is 89.0 Å². The van der Waals surface area contributed by atoms with Gasteiger partial charge in [-0.05, 0) is 46.9 Å². The first-order valence-corrected chi connectivity index (χ1v) is 7.83. The second-order valence-corrected chi connectivity index (χ2v) is 5.86. The summed E-state index contributed by atoms with van der Waals surface area (Å²) in [7, 11) is 0. The van der Waals surface area contributed by atoms with E-state index >= 15 is 0 Å². The summed E-state index contributed by atoms with van der Waals surface area (Å²) in [6.45, 7) is 0. The Balaban J connectivity index is 1.68. The van der Waals surface area contributed by atoms with E-state index in [2.05, 4.69) is 23.5 Å². The Hall–Kier alpha value is -3.20. The van der Waals surface area contributed by atoms with Crippen LogP contribution in [0, 0.1) is 0 Å². The number of anilines is 1. The molecule has 0 fully saturated rings. The normalized spacial score (nSPS) is 11.5. The molecule has 3 aromatic rings. The minimum absolute atomic E-state index is 0.150. The Morgan fingerprint density at radius 3 is 2.58 bits per heavy atom. The molecule has 0 heterocycles. The predicted octanol–water partition coefficient (Wildman–Crippen LogP) is 4.32. The third kappa shape index (κ3) is 2.40. The van der Waals surface area contributed by atoms with E-state index in [1.165, 1.54) is 11.1 Å². The van der Waals surface area contributed by atoms with Gasteiger partial charge in [0.2, 0.25) is 0 Å². The van der Waals surface area contributed by atoms with E-state index in [4.69, 9.17) is 0 Å². The number of fused-ring (bicyclic) bond motifs is 3. The molecule has 1 aliphatic carbocycles. The molecule has 0 aliphatic heterocycles. The van der Waals surface area contributed by atoms with Crippen LogP contribution in [-0.2, 0) is 6.42 Å². The highest BCUT2D eigenvalue weighted by Crippen LogP contribution is 2.38. The Labute approximate surface area is 140 Å². The highest BCUT2D eigenvalue weighted by atomic mass is 16.1. The van der Waals surface area contributed by atoms with Crippen LogP contribution in [0.5, 0.6) is 0 Å². The smallest absolute Gasteiger partial charge is 0.255 e. The van der Waals surface area contributed by atoms with Crippen molar-refractivity contribution in [1.82, 2.24) is 0 Å². The molecule has 3 heteroatoms. The van der Waals surface area contributed by atoms with Gasteiger partial charge in [-0.3, -0.25) is 9.59 Å². The zero-order valence-corrected chi connectivity index (χ0v) is 13.0. The number of amides is 1. The fourth-order valence-electron chi connectivity index (χ4n) is 3.26. The molecule has 0 spiro atoms. The number of aldehydes is 1. The van der Waals surface area contributed by atoms with Gasteiger partial charge in [0, 0.05) is 16.8 Å². The number of carbonyl (C=O) groups is 2. The summed E-state index contributed by atoms with van der Waals surface area (Å²) in [5, 5.41) is 2.89. The zero-order chi connectivity index (χ0) is 16.5. The molecule has 1 aliphatic rings. The number of rotatable bonds is 3. The highest BCUT2D eigenvalue weighted by molar-refractivity contribution is 6.07. The first-order chi connectivity index (χ1) is 11.8. The van der Waals surface area contributed by atoms with Gasteiger partial charge in [-0.15, -0.1) is 0 Å². The van der Waals surface area contributed by atoms with E-state index in [1.807, 2.05) is 24.3 Å². The zero-order valence-electron chi connectivity index (χ0n) is 13.0. The maximum atomic E-state index is 12.7. The second-order valence-electron chi connectivity index (χ2n) is 5.86. The summed E-state index contributed by atoms with van der Waals surface area (Å²) in [4.78, 5) is 23.6. The van der Waals surface area contributed by atoms with Crippen molar-refractivity contribution in [3.8, 4) is 11.1 Å². The van der Waals surface area contributed by atoms with Crippen LogP contribution in [0.2, 0.25) is 0 Å². The number of benzene rings is 3. The minimum atomic E-state index is -0.150. The van der Waals surface area contributed by atoms with E-state index in [9.17, 15) is 9.59 Å². The minimum Gasteiger partial charge on any atom is -0.322 e. The second kappa shape index (κ2) is 5.78. The summed E-state index contributed by atoms with van der Waals surface area (Å²) in [6.07, 6.45) is 1.54. The van der Waals surface area contributed by atoms with Gasteiger partial charge in [0.25, 0.3) is 5.91 Å². The van der Waals surface area contributed by atoms with Gasteiger partial charge in [-0.2, -0.15) is 0 Å². The van der Waals surface area contributed by atoms with E-state index in [1.54, 1.807) is 24.3 Å². The Morgan fingerprint density at radius 1 is 0.917 bits per heavy atom. The largest absolute Gasteiger partial charge is 0.322 e. The molecule has 0 bridgehead atoms. The van der Waals surface area contributed by atoms with Gasteiger partial charge >= 0.3 is 0 Å². The first kappa shape index (κ1) is 14.4. The van der Waals surface area contributed by atoms with Crippen LogP contribution in [0.1, 0.15) is 31.8 Å². The van der Waals surface area contributed by atoms with E-state index in [-0.39, 0.29) is 5.91 Å². The first-order valence-electron chi connectivity index (χ1n) is 7.83. The average molecular weight is 313 g/mol. The standard InChI is InChI=1S/C21H15NO2/c23-13-14-5-3-7-16(11-14)22-21(24)19-10-4-9-18-17-8-2-1-6-15(17)12-20(18)19/h1-11,13H,12H2,(H,22,24). The van der Waals surface area contributed by atoms with Crippen LogP contribution in [0.15, 0.2) is 66.7 Å². The van der Waals surface area contributed by atoms with Gasteiger partial charge in [0.15, 0.2) is 0 Å². The van der Waals surface area contributed by atoms with Crippen molar-refractivity contribution in [2.75, 3.05) is 5.32 Å². The molecule has 1 N–H and O–H groups in total. The highest BCUT2D eigenvalue weighted by Gasteiger charge is 2.23. The average Bonchev–Trinajstić information content (AvgIpc) is 3.00. The summed E-state index contributed by atoms with van der Waals surface area (Å²) in [5.74, 6) is -0.150. The Kier molecular flexibility index (Phi) is 3.47. The lowest BCUT2D eigenvalue weighted by Gasteiger charge is -2.10. The number of carbonyl (C=O) groups excluding carboxylic acids is 2.